The molecule has 86 valence electrons. The van der Waals surface area contributed by atoms with Gasteiger partial charge in [-0.15, -0.1) is 0 Å². The van der Waals surface area contributed by atoms with Crippen LogP contribution in [-0.2, 0) is 0 Å². The molecule has 0 saturated carbocycles. The average molecular weight is 227 g/mol. The average Bonchev–Trinajstić information content (AvgIpc) is 2.39. The lowest BCUT2D eigenvalue weighted by atomic mass is 10.0. The van der Waals surface area contributed by atoms with Gasteiger partial charge in [-0.05, 0) is 13.0 Å². The number of ketones is 1. The third-order valence-corrected chi connectivity index (χ3v) is 2.52. The normalized spacial score (nSPS) is 10.0. The van der Waals surface area contributed by atoms with Crippen LogP contribution in [0, 0.1) is 6.92 Å². The Labute approximate surface area is 100 Å². The fourth-order valence-electron chi connectivity index (χ4n) is 1.53. The minimum absolute atomic E-state index is 0.0450. The lowest BCUT2D eigenvalue weighted by Crippen LogP contribution is -2.02. The first-order valence-corrected chi connectivity index (χ1v) is 5.31. The number of rotatable bonds is 3. The molecule has 2 aromatic rings. The van der Waals surface area contributed by atoms with E-state index in [1.165, 1.54) is 0 Å². The summed E-state index contributed by atoms with van der Waals surface area (Å²) in [5, 5.41) is 0. The van der Waals surface area contributed by atoms with Crippen LogP contribution in [0.15, 0.2) is 42.7 Å². The predicted octanol–water partition coefficient (Wildman–Crippen LogP) is 2.63. The van der Waals surface area contributed by atoms with E-state index in [2.05, 4.69) is 4.98 Å². The molecule has 0 radical (unpaired) electrons. The van der Waals surface area contributed by atoms with Crippen molar-refractivity contribution in [3.05, 3.63) is 59.4 Å². The maximum atomic E-state index is 12.1. The van der Waals surface area contributed by atoms with Gasteiger partial charge in [0.05, 0.1) is 13.3 Å². The summed E-state index contributed by atoms with van der Waals surface area (Å²) in [6.07, 6.45) is 3.12. The van der Waals surface area contributed by atoms with E-state index in [1.54, 1.807) is 25.6 Å². The number of aromatic nitrogens is 1. The van der Waals surface area contributed by atoms with Crippen molar-refractivity contribution in [2.24, 2.45) is 0 Å². The monoisotopic (exact) mass is 227 g/mol. The van der Waals surface area contributed by atoms with Crippen molar-refractivity contribution >= 4 is 5.78 Å². The van der Waals surface area contributed by atoms with Crippen LogP contribution in [0.25, 0.3) is 0 Å². The lowest BCUT2D eigenvalue weighted by molar-refractivity contribution is 0.103. The van der Waals surface area contributed by atoms with E-state index in [1.807, 2.05) is 31.2 Å². The first-order valence-electron chi connectivity index (χ1n) is 5.31. The minimum atomic E-state index is -0.0450. The van der Waals surface area contributed by atoms with Crippen LogP contribution < -0.4 is 4.74 Å². The number of hydrogen-bond donors (Lipinski definition) is 0. The molecule has 1 heterocycles. The van der Waals surface area contributed by atoms with Gasteiger partial charge in [0.15, 0.2) is 5.78 Å². The number of nitrogens with zero attached hydrogens (tertiary/aromatic N) is 1. The lowest BCUT2D eigenvalue weighted by Gasteiger charge is -2.03. The molecule has 0 aliphatic carbocycles. The Kier molecular flexibility index (Phi) is 3.19. The van der Waals surface area contributed by atoms with Gasteiger partial charge < -0.3 is 4.74 Å². The van der Waals surface area contributed by atoms with Gasteiger partial charge in [-0.3, -0.25) is 9.78 Å². The second-order valence-corrected chi connectivity index (χ2v) is 3.81. The zero-order chi connectivity index (χ0) is 12.3. The smallest absolute Gasteiger partial charge is 0.194 e. The number of benzene rings is 1. The number of hydrogen-bond acceptors (Lipinski definition) is 3. The molecule has 0 N–H and O–H groups in total. The summed E-state index contributed by atoms with van der Waals surface area (Å²) in [6.45, 7) is 1.99. The topological polar surface area (TPSA) is 39.2 Å². The first-order chi connectivity index (χ1) is 8.20. The number of pyridine rings is 1. The molecule has 3 heteroatoms. The van der Waals surface area contributed by atoms with Gasteiger partial charge in [-0.1, -0.05) is 29.8 Å². The van der Waals surface area contributed by atoms with Crippen LogP contribution in [0.1, 0.15) is 21.5 Å². The van der Waals surface area contributed by atoms with Crippen LogP contribution in [0.3, 0.4) is 0 Å². The first kappa shape index (κ1) is 11.3. The number of carbonyl (C=O) groups excluding carboxylic acids is 1. The molecule has 0 unspecified atom stereocenters. The van der Waals surface area contributed by atoms with Gasteiger partial charge in [0.25, 0.3) is 0 Å². The number of carbonyl (C=O) groups is 1. The Hall–Kier alpha value is -2.16. The number of aryl methyl sites for hydroxylation is 1. The molecule has 0 amide bonds. The van der Waals surface area contributed by atoms with Crippen molar-refractivity contribution in [2.75, 3.05) is 7.11 Å². The Morgan fingerprint density at radius 3 is 2.47 bits per heavy atom. The maximum Gasteiger partial charge on any atom is 0.194 e. The Morgan fingerprint density at radius 2 is 1.82 bits per heavy atom. The Morgan fingerprint density at radius 1 is 1.12 bits per heavy atom. The molecule has 1 aromatic carbocycles. The second kappa shape index (κ2) is 4.78. The molecule has 3 nitrogen and oxygen atoms in total. The van der Waals surface area contributed by atoms with E-state index in [0.717, 1.165) is 5.56 Å². The highest BCUT2D eigenvalue weighted by Gasteiger charge is 2.09. The van der Waals surface area contributed by atoms with E-state index in [-0.39, 0.29) is 5.78 Å². The summed E-state index contributed by atoms with van der Waals surface area (Å²) in [5.41, 5.74) is 2.32. The van der Waals surface area contributed by atoms with Gasteiger partial charge in [0.1, 0.15) is 5.75 Å². The van der Waals surface area contributed by atoms with Crippen molar-refractivity contribution in [3.8, 4) is 5.75 Å². The highest BCUT2D eigenvalue weighted by molar-refractivity contribution is 6.08. The highest BCUT2D eigenvalue weighted by Crippen LogP contribution is 2.15. The van der Waals surface area contributed by atoms with E-state index in [9.17, 15) is 4.79 Å². The van der Waals surface area contributed by atoms with Gasteiger partial charge >= 0.3 is 0 Å². The molecule has 0 aliphatic heterocycles. The molecule has 0 bridgehead atoms. The maximum absolute atomic E-state index is 12.1. The van der Waals surface area contributed by atoms with Crippen LogP contribution in [0.4, 0.5) is 0 Å². The molecule has 0 spiro atoms. The van der Waals surface area contributed by atoms with E-state index >= 15 is 0 Å². The second-order valence-electron chi connectivity index (χ2n) is 3.81. The van der Waals surface area contributed by atoms with Crippen molar-refractivity contribution in [1.29, 1.82) is 0 Å². The molecule has 17 heavy (non-hydrogen) atoms. The van der Waals surface area contributed by atoms with Crippen molar-refractivity contribution < 1.29 is 9.53 Å². The number of methoxy groups -OCH3 is 1. The van der Waals surface area contributed by atoms with Crippen LogP contribution in [0.5, 0.6) is 5.75 Å². The van der Waals surface area contributed by atoms with Crippen LogP contribution in [-0.4, -0.2) is 17.9 Å². The molecule has 2 rings (SSSR count). The zero-order valence-electron chi connectivity index (χ0n) is 9.81. The number of ether oxygens (including phenoxy) is 1. The highest BCUT2D eigenvalue weighted by atomic mass is 16.5. The molecular formula is C14H13NO2. The van der Waals surface area contributed by atoms with Crippen LogP contribution in [0.2, 0.25) is 0 Å². The summed E-state index contributed by atoms with van der Waals surface area (Å²) in [4.78, 5) is 16.1. The largest absolute Gasteiger partial charge is 0.495 e. The summed E-state index contributed by atoms with van der Waals surface area (Å²) in [5.74, 6) is 0.541. The van der Waals surface area contributed by atoms with Crippen molar-refractivity contribution in [3.63, 3.8) is 0 Å². The summed E-state index contributed by atoms with van der Waals surface area (Å²) in [6, 6.07) is 9.16. The van der Waals surface area contributed by atoms with E-state index in [0.29, 0.717) is 16.9 Å². The van der Waals surface area contributed by atoms with Gasteiger partial charge in [0.2, 0.25) is 0 Å². The third-order valence-electron chi connectivity index (χ3n) is 2.52. The van der Waals surface area contributed by atoms with Crippen LogP contribution >= 0.6 is 0 Å². The van der Waals surface area contributed by atoms with Gasteiger partial charge in [0, 0.05) is 17.3 Å². The Balaban J connectivity index is 2.33. The summed E-state index contributed by atoms with van der Waals surface area (Å²) in [7, 11) is 1.55. The standard InChI is InChI=1S/C14H13NO2/c1-10-3-5-11(6-4-10)14(16)12-7-13(17-2)9-15-8-12/h3-9H,1-2H3. The summed E-state index contributed by atoms with van der Waals surface area (Å²) >= 11 is 0. The molecule has 1 aromatic heterocycles. The quantitative estimate of drug-likeness (QED) is 0.757. The van der Waals surface area contributed by atoms with E-state index < -0.39 is 0 Å². The van der Waals surface area contributed by atoms with Crippen molar-refractivity contribution in [2.45, 2.75) is 6.92 Å². The zero-order valence-corrected chi connectivity index (χ0v) is 9.81. The Bertz CT molecular complexity index is 532. The van der Waals surface area contributed by atoms with Gasteiger partial charge in [-0.2, -0.15) is 0 Å². The predicted molar refractivity (Wildman–Crippen MR) is 65.4 cm³/mol. The fourth-order valence-corrected chi connectivity index (χ4v) is 1.53. The minimum Gasteiger partial charge on any atom is -0.495 e. The van der Waals surface area contributed by atoms with Crippen molar-refractivity contribution in [1.82, 2.24) is 4.98 Å². The molecule has 0 atom stereocenters. The SMILES string of the molecule is COc1cncc(C(=O)c2ccc(C)cc2)c1. The third kappa shape index (κ3) is 2.50. The molecular weight excluding hydrogens is 214 g/mol. The molecule has 0 saturated heterocycles. The summed E-state index contributed by atoms with van der Waals surface area (Å²) < 4.78 is 5.05. The van der Waals surface area contributed by atoms with Gasteiger partial charge in [-0.25, -0.2) is 0 Å². The fraction of sp³-hybridized carbons (Fsp3) is 0.143. The molecule has 0 fully saturated rings. The van der Waals surface area contributed by atoms with E-state index in [4.69, 9.17) is 4.74 Å². The molecule has 0 aliphatic rings.